The molecular formula is C60H60. The van der Waals surface area contributed by atoms with E-state index in [0.29, 0.717) is 0 Å². The molecule has 1 aliphatic rings. The van der Waals surface area contributed by atoms with Crippen molar-refractivity contribution in [2.75, 3.05) is 0 Å². The summed E-state index contributed by atoms with van der Waals surface area (Å²) in [5.41, 5.74) is 16.7. The third kappa shape index (κ3) is 10.6. The lowest BCUT2D eigenvalue weighted by atomic mass is 9.66. The average molecular weight is 781 g/mol. The van der Waals surface area contributed by atoms with Gasteiger partial charge in [-0.05, 0) is 127 Å². The normalized spacial score (nSPS) is 17.6. The van der Waals surface area contributed by atoms with Crippen LogP contribution in [0.2, 0.25) is 0 Å². The van der Waals surface area contributed by atoms with E-state index >= 15 is 0 Å². The topological polar surface area (TPSA) is 0 Å². The highest BCUT2D eigenvalue weighted by atomic mass is 14.5. The zero-order chi connectivity index (χ0) is 42.7. The maximum absolute atomic E-state index is 4.14. The fourth-order valence-electron chi connectivity index (χ4n) is 7.84. The van der Waals surface area contributed by atoms with Gasteiger partial charge < -0.3 is 0 Å². The molecule has 0 spiro atoms. The molecule has 5 aromatic rings. The Bertz CT molecular complexity index is 2520. The van der Waals surface area contributed by atoms with Gasteiger partial charge in [0.05, 0.1) is 5.41 Å². The molecule has 5 aromatic carbocycles. The van der Waals surface area contributed by atoms with E-state index in [0.717, 1.165) is 5.56 Å². The Morgan fingerprint density at radius 2 is 1.25 bits per heavy atom. The second kappa shape index (κ2) is 22.4. The van der Waals surface area contributed by atoms with E-state index in [9.17, 15) is 0 Å². The van der Waals surface area contributed by atoms with Crippen LogP contribution in [0, 0.1) is 6.92 Å². The van der Waals surface area contributed by atoms with Crippen LogP contribution in [0.4, 0.5) is 0 Å². The third-order valence-electron chi connectivity index (χ3n) is 10.9. The summed E-state index contributed by atoms with van der Waals surface area (Å²) < 4.78 is 0. The van der Waals surface area contributed by atoms with Crippen LogP contribution in [0.5, 0.6) is 0 Å². The molecule has 0 radical (unpaired) electrons. The van der Waals surface area contributed by atoms with Gasteiger partial charge in [-0.15, -0.1) is 0 Å². The van der Waals surface area contributed by atoms with Gasteiger partial charge in [0, 0.05) is 0 Å². The molecule has 0 aliphatic heterocycles. The van der Waals surface area contributed by atoms with Crippen molar-refractivity contribution >= 4 is 28.9 Å². The summed E-state index contributed by atoms with van der Waals surface area (Å²) in [7, 11) is 0. The second-order valence-electron chi connectivity index (χ2n) is 15.0. The van der Waals surface area contributed by atoms with Gasteiger partial charge in [-0.1, -0.05) is 231 Å². The highest BCUT2D eigenvalue weighted by Gasteiger charge is 2.48. The summed E-state index contributed by atoms with van der Waals surface area (Å²) >= 11 is 0. The van der Waals surface area contributed by atoms with Gasteiger partial charge in [-0.3, -0.25) is 0 Å². The molecule has 0 saturated heterocycles. The summed E-state index contributed by atoms with van der Waals surface area (Å²) in [4.78, 5) is 0. The van der Waals surface area contributed by atoms with Crippen molar-refractivity contribution in [1.82, 2.24) is 0 Å². The Morgan fingerprint density at radius 1 is 0.617 bits per heavy atom. The molecule has 0 aromatic heterocycles. The first kappa shape index (κ1) is 44.3. The summed E-state index contributed by atoms with van der Waals surface area (Å²) in [5.74, 6) is 0. The molecule has 1 aliphatic carbocycles. The number of benzene rings is 5. The molecule has 0 saturated carbocycles. The second-order valence-corrected chi connectivity index (χ2v) is 15.0. The molecule has 0 heteroatoms. The van der Waals surface area contributed by atoms with E-state index in [2.05, 4.69) is 230 Å². The summed E-state index contributed by atoms with van der Waals surface area (Å²) in [5, 5.41) is 0. The Labute approximate surface area is 361 Å². The molecule has 0 N–H and O–H groups in total. The minimum atomic E-state index is -0.534. The smallest absolute Gasteiger partial charge is 0.0713 e. The summed E-state index contributed by atoms with van der Waals surface area (Å²) in [6.45, 7) is 19.0. The van der Waals surface area contributed by atoms with Crippen LogP contribution in [-0.2, 0) is 5.41 Å². The van der Waals surface area contributed by atoms with Crippen molar-refractivity contribution in [1.29, 1.82) is 0 Å². The van der Waals surface area contributed by atoms with Crippen LogP contribution in [-0.4, -0.2) is 0 Å². The van der Waals surface area contributed by atoms with Gasteiger partial charge in [-0.2, -0.15) is 0 Å². The predicted molar refractivity (Wildman–Crippen MR) is 266 cm³/mol. The van der Waals surface area contributed by atoms with E-state index in [-0.39, 0.29) is 0 Å². The third-order valence-corrected chi connectivity index (χ3v) is 10.9. The van der Waals surface area contributed by atoms with Crippen molar-refractivity contribution < 1.29 is 0 Å². The van der Waals surface area contributed by atoms with E-state index in [1.807, 2.05) is 49.4 Å². The van der Waals surface area contributed by atoms with E-state index in [4.69, 9.17) is 0 Å². The minimum Gasteiger partial charge on any atom is -0.0991 e. The molecular weight excluding hydrogens is 721 g/mol. The number of aryl methyl sites for hydroxylation is 1. The van der Waals surface area contributed by atoms with Gasteiger partial charge in [0.15, 0.2) is 0 Å². The maximum Gasteiger partial charge on any atom is 0.0713 e. The van der Waals surface area contributed by atoms with Crippen LogP contribution >= 0.6 is 0 Å². The van der Waals surface area contributed by atoms with Crippen molar-refractivity contribution in [2.45, 2.75) is 53.9 Å². The van der Waals surface area contributed by atoms with Gasteiger partial charge >= 0.3 is 0 Å². The molecule has 0 bridgehead atoms. The molecule has 1 atom stereocenters. The zero-order valence-corrected chi connectivity index (χ0v) is 36.6. The van der Waals surface area contributed by atoms with E-state index < -0.39 is 5.41 Å². The lowest BCUT2D eigenvalue weighted by Crippen LogP contribution is -2.29. The highest BCUT2D eigenvalue weighted by molar-refractivity contribution is 5.99. The monoisotopic (exact) mass is 780 g/mol. The molecule has 300 valence electrons. The van der Waals surface area contributed by atoms with E-state index in [1.54, 1.807) is 0 Å². The van der Waals surface area contributed by atoms with Crippen LogP contribution in [0.1, 0.15) is 86.1 Å². The number of hydrogen-bond acceptors (Lipinski definition) is 0. The molecule has 0 amide bonds. The van der Waals surface area contributed by atoms with Crippen LogP contribution in [0.3, 0.4) is 0 Å². The number of hydrogen-bond donors (Lipinski definition) is 0. The Balaban J connectivity index is 0.000000883. The quantitative estimate of drug-likeness (QED) is 0.111. The average Bonchev–Trinajstić information content (AvgIpc) is 3.55. The molecule has 60 heavy (non-hydrogen) atoms. The van der Waals surface area contributed by atoms with Gasteiger partial charge in [0.25, 0.3) is 0 Å². The van der Waals surface area contributed by atoms with Crippen molar-refractivity contribution in [2.24, 2.45) is 0 Å². The number of rotatable bonds is 12. The number of fused-ring (bicyclic) bond motifs is 1. The minimum absolute atomic E-state index is 0.534. The highest BCUT2D eigenvalue weighted by Crippen LogP contribution is 2.58. The molecule has 0 fully saturated rings. The largest absolute Gasteiger partial charge is 0.0991 e. The maximum atomic E-state index is 4.14. The van der Waals surface area contributed by atoms with Crippen molar-refractivity contribution in [3.8, 4) is 0 Å². The molecule has 0 heterocycles. The number of allylic oxidation sites excluding steroid dienone is 19. The predicted octanol–water partition coefficient (Wildman–Crippen LogP) is 16.8. The van der Waals surface area contributed by atoms with Crippen LogP contribution < -0.4 is 0 Å². The van der Waals surface area contributed by atoms with Crippen LogP contribution in [0.25, 0.3) is 28.9 Å². The zero-order valence-electron chi connectivity index (χ0n) is 36.6. The Hall–Kier alpha value is -6.76. The fourth-order valence-corrected chi connectivity index (χ4v) is 7.84. The molecule has 6 rings (SSSR count). The Morgan fingerprint density at radius 3 is 1.90 bits per heavy atom. The first-order chi connectivity index (χ1) is 29.3. The first-order valence-electron chi connectivity index (χ1n) is 21.0. The van der Waals surface area contributed by atoms with Crippen LogP contribution in [0.15, 0.2) is 236 Å². The van der Waals surface area contributed by atoms with Gasteiger partial charge in [-0.25, -0.2) is 0 Å². The molecule has 1 unspecified atom stereocenters. The van der Waals surface area contributed by atoms with Crippen molar-refractivity contribution in [3.05, 3.63) is 280 Å². The molecule has 0 nitrogen and oxygen atoms in total. The first-order valence-corrected chi connectivity index (χ1v) is 21.0. The SMILES string of the molecule is C=C/C=C(\C=C/C)C1(c2ccccc2)C(=C/c2ccc(/C(C)=C/C(C)=C(\C)c3ccccc3\C=C/C=C\C=C\C)cc2)/C(=C\C=C\C)c2ccccc21.Cc1ccccc1. The van der Waals surface area contributed by atoms with Gasteiger partial charge in [0.1, 0.15) is 0 Å². The van der Waals surface area contributed by atoms with Gasteiger partial charge in [0.2, 0.25) is 0 Å². The standard InChI is InChI=1S/C53H52.C7H8/c1-8-12-14-15-17-26-45-27-20-21-31-48(45)42(7)40(5)38-41(6)44-36-34-43(35-37-44)39-52-50(30-13-9-2)49-32-22-23-33-51(49)53(52,46(24-10-3)25-11-4)47-28-18-16-19-29-47;1-7-5-3-2-4-6-7/h8-39H,3H2,1-2,4-7H3;2-6H,1H3/b12-8+,13-9+,15-14-,25-11-,26-17-,41-38+,42-40+,46-24+,50-30-,52-39+;. The summed E-state index contributed by atoms with van der Waals surface area (Å²) in [6.07, 6.45) is 32.1. The fraction of sp³-hybridized carbons (Fsp3) is 0.133. The lowest BCUT2D eigenvalue weighted by Gasteiger charge is -2.35. The van der Waals surface area contributed by atoms with Crippen molar-refractivity contribution in [3.63, 3.8) is 0 Å². The lowest BCUT2D eigenvalue weighted by molar-refractivity contribution is 0.772. The van der Waals surface area contributed by atoms with E-state index in [1.165, 1.54) is 72.4 Å². The Kier molecular flexibility index (Phi) is 16.6. The summed E-state index contributed by atoms with van der Waals surface area (Å²) in [6, 6.07) is 47.7.